The van der Waals surface area contributed by atoms with Crippen molar-refractivity contribution in [2.24, 2.45) is 0 Å². The molecule has 0 aromatic heterocycles. The Morgan fingerprint density at radius 2 is 1.45 bits per heavy atom. The fourth-order valence-electron chi connectivity index (χ4n) is 3.23. The summed E-state index contributed by atoms with van der Waals surface area (Å²) in [6.45, 7) is 2.15. The van der Waals surface area contributed by atoms with Gasteiger partial charge in [0.1, 0.15) is 0 Å². The van der Waals surface area contributed by atoms with E-state index < -0.39 is 0 Å². The zero-order valence-electron chi connectivity index (χ0n) is 12.7. The van der Waals surface area contributed by atoms with E-state index in [-0.39, 0.29) is 0 Å². The molecule has 3 aromatic rings. The van der Waals surface area contributed by atoms with Gasteiger partial charge in [-0.15, -0.1) is 0 Å². The third kappa shape index (κ3) is 2.27. The van der Waals surface area contributed by atoms with Gasteiger partial charge in [-0.05, 0) is 34.7 Å². The van der Waals surface area contributed by atoms with E-state index in [1.807, 2.05) is 0 Å². The van der Waals surface area contributed by atoms with Crippen molar-refractivity contribution >= 4 is 6.08 Å². The van der Waals surface area contributed by atoms with Gasteiger partial charge in [0, 0.05) is 5.92 Å². The predicted octanol–water partition coefficient (Wildman–Crippen LogP) is 5.82. The average molecular weight is 282 g/mol. The van der Waals surface area contributed by atoms with Crippen LogP contribution in [0.1, 0.15) is 28.2 Å². The maximum atomic E-state index is 2.31. The van der Waals surface area contributed by atoms with Crippen molar-refractivity contribution in [1.82, 2.24) is 0 Å². The van der Waals surface area contributed by atoms with Crippen molar-refractivity contribution in [3.05, 3.63) is 101 Å². The van der Waals surface area contributed by atoms with Crippen LogP contribution in [0.3, 0.4) is 0 Å². The van der Waals surface area contributed by atoms with E-state index in [1.54, 1.807) is 0 Å². The second kappa shape index (κ2) is 5.31. The van der Waals surface area contributed by atoms with E-state index in [4.69, 9.17) is 0 Å². The highest BCUT2D eigenvalue weighted by Crippen LogP contribution is 2.36. The van der Waals surface area contributed by atoms with Crippen LogP contribution in [0.2, 0.25) is 0 Å². The standard InChI is InChI=1S/C22H18/c1-16-7-13-22-20(15-16)12-14-21(22)19-10-8-18(9-11-19)17-5-3-2-4-6-17/h2-15,21H,1H3. The molecule has 3 aromatic carbocycles. The number of rotatable bonds is 2. The molecule has 4 rings (SSSR count). The smallest absolute Gasteiger partial charge is 0.0278 e. The molecule has 106 valence electrons. The Bertz CT molecular complexity index is 824. The van der Waals surface area contributed by atoms with Crippen LogP contribution in [-0.4, -0.2) is 0 Å². The second-order valence-corrected chi connectivity index (χ2v) is 5.96. The number of fused-ring (bicyclic) bond motifs is 1. The normalized spacial score (nSPS) is 15.8. The molecule has 0 radical (unpaired) electrons. The summed E-state index contributed by atoms with van der Waals surface area (Å²) in [6, 6.07) is 26.2. The van der Waals surface area contributed by atoms with Crippen LogP contribution >= 0.6 is 0 Å². The minimum atomic E-state index is 0.389. The Balaban J connectivity index is 1.67. The van der Waals surface area contributed by atoms with Crippen molar-refractivity contribution in [3.63, 3.8) is 0 Å². The van der Waals surface area contributed by atoms with Crippen LogP contribution in [0.15, 0.2) is 78.9 Å². The average Bonchev–Trinajstić information content (AvgIpc) is 2.99. The number of allylic oxidation sites excluding steroid dienone is 1. The summed E-state index contributed by atoms with van der Waals surface area (Å²) < 4.78 is 0. The van der Waals surface area contributed by atoms with E-state index in [9.17, 15) is 0 Å². The summed E-state index contributed by atoms with van der Waals surface area (Å²) in [6.07, 6.45) is 4.56. The lowest BCUT2D eigenvalue weighted by atomic mass is 9.91. The Hall–Kier alpha value is -2.60. The number of hydrogen-bond acceptors (Lipinski definition) is 0. The second-order valence-electron chi connectivity index (χ2n) is 5.96. The van der Waals surface area contributed by atoms with Crippen molar-refractivity contribution in [3.8, 4) is 11.1 Å². The molecule has 22 heavy (non-hydrogen) atoms. The summed E-state index contributed by atoms with van der Waals surface area (Å²) in [7, 11) is 0. The van der Waals surface area contributed by atoms with Gasteiger partial charge in [-0.1, -0.05) is 90.5 Å². The predicted molar refractivity (Wildman–Crippen MR) is 93.9 cm³/mol. The molecule has 0 bridgehead atoms. The number of aryl methyl sites for hydroxylation is 1. The van der Waals surface area contributed by atoms with Crippen molar-refractivity contribution in [2.75, 3.05) is 0 Å². The molecule has 0 N–H and O–H groups in total. The van der Waals surface area contributed by atoms with Crippen LogP contribution in [0.5, 0.6) is 0 Å². The molecule has 0 fully saturated rings. The van der Waals surface area contributed by atoms with E-state index in [1.165, 1.54) is 33.4 Å². The van der Waals surface area contributed by atoms with Gasteiger partial charge < -0.3 is 0 Å². The Kier molecular flexibility index (Phi) is 3.16. The van der Waals surface area contributed by atoms with Crippen molar-refractivity contribution in [2.45, 2.75) is 12.8 Å². The minimum absolute atomic E-state index is 0.389. The lowest BCUT2D eigenvalue weighted by Crippen LogP contribution is -1.96. The molecular weight excluding hydrogens is 264 g/mol. The minimum Gasteiger partial charge on any atom is -0.0720 e. The Labute approximate surface area is 131 Å². The molecule has 1 atom stereocenters. The van der Waals surface area contributed by atoms with Crippen LogP contribution in [0.4, 0.5) is 0 Å². The highest BCUT2D eigenvalue weighted by atomic mass is 14.2. The van der Waals surface area contributed by atoms with E-state index >= 15 is 0 Å². The maximum Gasteiger partial charge on any atom is 0.0278 e. The highest BCUT2D eigenvalue weighted by molar-refractivity contribution is 5.68. The van der Waals surface area contributed by atoms with Crippen molar-refractivity contribution < 1.29 is 0 Å². The molecular formula is C22H18. The third-order valence-electron chi connectivity index (χ3n) is 4.42. The summed E-state index contributed by atoms with van der Waals surface area (Å²) >= 11 is 0. The molecule has 0 saturated carbocycles. The molecule has 1 aliphatic carbocycles. The van der Waals surface area contributed by atoms with Crippen LogP contribution in [0.25, 0.3) is 17.2 Å². The molecule has 0 nitrogen and oxygen atoms in total. The SMILES string of the molecule is Cc1ccc2c(c1)C=CC2c1ccc(-c2ccccc2)cc1. The molecule has 1 unspecified atom stereocenters. The quantitative estimate of drug-likeness (QED) is 0.555. The summed E-state index contributed by atoms with van der Waals surface area (Å²) in [5.74, 6) is 0.389. The first-order valence-electron chi connectivity index (χ1n) is 7.75. The van der Waals surface area contributed by atoms with Crippen molar-refractivity contribution in [1.29, 1.82) is 0 Å². The molecule has 0 spiro atoms. The van der Waals surface area contributed by atoms with E-state index in [0.29, 0.717) is 5.92 Å². The summed E-state index contributed by atoms with van der Waals surface area (Å²) in [5, 5.41) is 0. The Morgan fingerprint density at radius 1 is 0.727 bits per heavy atom. The van der Waals surface area contributed by atoms with Gasteiger partial charge in [0.2, 0.25) is 0 Å². The Morgan fingerprint density at radius 3 is 2.23 bits per heavy atom. The van der Waals surface area contributed by atoms with Gasteiger partial charge >= 0.3 is 0 Å². The molecule has 0 aliphatic heterocycles. The number of benzene rings is 3. The first-order chi connectivity index (χ1) is 10.8. The van der Waals surface area contributed by atoms with Gasteiger partial charge in [-0.3, -0.25) is 0 Å². The molecule has 0 heterocycles. The summed E-state index contributed by atoms with van der Waals surface area (Å²) in [4.78, 5) is 0. The van der Waals surface area contributed by atoms with Crippen LogP contribution < -0.4 is 0 Å². The van der Waals surface area contributed by atoms with Gasteiger partial charge in [0.25, 0.3) is 0 Å². The largest absolute Gasteiger partial charge is 0.0720 e. The van der Waals surface area contributed by atoms with Gasteiger partial charge in [0.05, 0.1) is 0 Å². The van der Waals surface area contributed by atoms with Crippen LogP contribution in [-0.2, 0) is 0 Å². The fourth-order valence-corrected chi connectivity index (χ4v) is 3.23. The van der Waals surface area contributed by atoms with Gasteiger partial charge in [-0.25, -0.2) is 0 Å². The fraction of sp³-hybridized carbons (Fsp3) is 0.0909. The van der Waals surface area contributed by atoms with Gasteiger partial charge in [-0.2, -0.15) is 0 Å². The van der Waals surface area contributed by atoms with E-state index in [2.05, 4.69) is 91.9 Å². The molecule has 0 saturated heterocycles. The van der Waals surface area contributed by atoms with Crippen LogP contribution in [0, 0.1) is 6.92 Å². The zero-order valence-corrected chi connectivity index (χ0v) is 12.7. The molecule has 1 aliphatic rings. The first-order valence-corrected chi connectivity index (χ1v) is 7.75. The monoisotopic (exact) mass is 282 g/mol. The highest BCUT2D eigenvalue weighted by Gasteiger charge is 2.18. The zero-order chi connectivity index (χ0) is 14.9. The topological polar surface area (TPSA) is 0 Å². The van der Waals surface area contributed by atoms with Gasteiger partial charge in [0.15, 0.2) is 0 Å². The summed E-state index contributed by atoms with van der Waals surface area (Å²) in [5.41, 5.74) is 8.00. The number of hydrogen-bond donors (Lipinski definition) is 0. The lowest BCUT2D eigenvalue weighted by molar-refractivity contribution is 1.05. The molecule has 0 heteroatoms. The van der Waals surface area contributed by atoms with E-state index in [0.717, 1.165) is 0 Å². The third-order valence-corrected chi connectivity index (χ3v) is 4.42. The lowest BCUT2D eigenvalue weighted by Gasteiger charge is -2.13. The molecule has 0 amide bonds. The maximum absolute atomic E-state index is 2.31. The first kappa shape index (κ1) is 13.1.